The van der Waals surface area contributed by atoms with Gasteiger partial charge in [-0.25, -0.2) is 4.98 Å². The van der Waals surface area contributed by atoms with Gasteiger partial charge in [-0.1, -0.05) is 41.4 Å². The van der Waals surface area contributed by atoms with Crippen molar-refractivity contribution in [2.24, 2.45) is 5.10 Å². The number of hydrogen-bond acceptors (Lipinski definition) is 4. The molecule has 1 unspecified atom stereocenters. The second-order valence-corrected chi connectivity index (χ2v) is 6.82. The van der Waals surface area contributed by atoms with E-state index in [1.54, 1.807) is 0 Å². The van der Waals surface area contributed by atoms with Gasteiger partial charge in [0.2, 0.25) is 0 Å². The van der Waals surface area contributed by atoms with E-state index < -0.39 is 0 Å². The monoisotopic (exact) mass is 365 g/mol. The van der Waals surface area contributed by atoms with Crippen molar-refractivity contribution in [3.63, 3.8) is 0 Å². The molecule has 1 aliphatic rings. The molecule has 2 heterocycles. The minimum absolute atomic E-state index is 0.0299. The molecule has 2 aromatic carbocycles. The number of aryl methyl sites for hydroxylation is 1. The Bertz CT molecular complexity index is 982. The van der Waals surface area contributed by atoms with Crippen LogP contribution in [0.1, 0.15) is 36.1 Å². The number of fused-ring (bicyclic) bond motifs is 1. The molecule has 0 saturated heterocycles. The summed E-state index contributed by atoms with van der Waals surface area (Å²) in [5.74, 6) is 0.806. The minimum atomic E-state index is 0.0299. The van der Waals surface area contributed by atoms with Crippen LogP contribution in [-0.2, 0) is 0 Å². The molecule has 0 saturated carbocycles. The standard InChI is InChI=1S/C21H20ClN3O/c1-3-26-16-9-8-15-10-17(21(22)23-18(15)11-16)20-12-19(24-25-20)14-6-4-13(2)5-7-14/h4-11,20,25H,3,12H2,1-2H3. The molecule has 0 amide bonds. The van der Waals surface area contributed by atoms with E-state index in [1.165, 1.54) is 5.56 Å². The number of hydrogen-bond donors (Lipinski definition) is 1. The smallest absolute Gasteiger partial charge is 0.135 e. The second kappa shape index (κ2) is 6.96. The summed E-state index contributed by atoms with van der Waals surface area (Å²) < 4.78 is 5.54. The fourth-order valence-electron chi connectivity index (χ4n) is 3.19. The molecule has 0 radical (unpaired) electrons. The number of rotatable bonds is 4. The van der Waals surface area contributed by atoms with Gasteiger partial charge in [-0.2, -0.15) is 5.10 Å². The Balaban J connectivity index is 1.60. The first-order chi connectivity index (χ1) is 12.6. The minimum Gasteiger partial charge on any atom is -0.494 e. The molecule has 0 bridgehead atoms. The summed E-state index contributed by atoms with van der Waals surface area (Å²) >= 11 is 6.48. The third kappa shape index (κ3) is 3.25. The van der Waals surface area contributed by atoms with E-state index in [-0.39, 0.29) is 6.04 Å². The Morgan fingerprint density at radius 2 is 1.96 bits per heavy atom. The molecule has 132 valence electrons. The fourth-order valence-corrected chi connectivity index (χ4v) is 3.47. The van der Waals surface area contributed by atoms with E-state index >= 15 is 0 Å². The first-order valence-corrected chi connectivity index (χ1v) is 9.14. The van der Waals surface area contributed by atoms with Crippen molar-refractivity contribution >= 4 is 28.2 Å². The van der Waals surface area contributed by atoms with Crippen LogP contribution in [0, 0.1) is 6.92 Å². The molecular weight excluding hydrogens is 346 g/mol. The van der Waals surface area contributed by atoms with E-state index in [0.717, 1.165) is 39.9 Å². The largest absolute Gasteiger partial charge is 0.494 e. The quantitative estimate of drug-likeness (QED) is 0.659. The highest BCUT2D eigenvalue weighted by Gasteiger charge is 2.24. The van der Waals surface area contributed by atoms with Crippen LogP contribution in [0.3, 0.4) is 0 Å². The Morgan fingerprint density at radius 1 is 1.15 bits per heavy atom. The van der Waals surface area contributed by atoms with Crippen molar-refractivity contribution in [1.82, 2.24) is 10.4 Å². The lowest BCUT2D eigenvalue weighted by Gasteiger charge is -2.13. The predicted molar refractivity (Wildman–Crippen MR) is 106 cm³/mol. The first kappa shape index (κ1) is 16.9. The van der Waals surface area contributed by atoms with E-state index in [2.05, 4.69) is 52.8 Å². The molecule has 5 heteroatoms. The molecule has 26 heavy (non-hydrogen) atoms. The summed E-state index contributed by atoms with van der Waals surface area (Å²) in [7, 11) is 0. The fraction of sp³-hybridized carbons (Fsp3) is 0.238. The average Bonchev–Trinajstić information content (AvgIpc) is 3.12. The number of nitrogens with one attached hydrogen (secondary N) is 1. The van der Waals surface area contributed by atoms with Crippen molar-refractivity contribution in [2.75, 3.05) is 6.61 Å². The number of pyridine rings is 1. The molecule has 1 aromatic heterocycles. The van der Waals surface area contributed by atoms with Gasteiger partial charge in [-0.05, 0) is 37.6 Å². The highest BCUT2D eigenvalue weighted by atomic mass is 35.5. The molecule has 0 spiro atoms. The number of ether oxygens (including phenoxy) is 1. The zero-order valence-electron chi connectivity index (χ0n) is 14.8. The van der Waals surface area contributed by atoms with Crippen LogP contribution in [0.5, 0.6) is 5.75 Å². The Labute approximate surface area is 157 Å². The molecule has 1 atom stereocenters. The van der Waals surface area contributed by atoms with E-state index in [1.807, 2.05) is 25.1 Å². The van der Waals surface area contributed by atoms with E-state index in [9.17, 15) is 0 Å². The molecular formula is C21H20ClN3O. The maximum atomic E-state index is 6.48. The molecule has 4 nitrogen and oxygen atoms in total. The van der Waals surface area contributed by atoms with Gasteiger partial charge in [0.05, 0.1) is 23.9 Å². The van der Waals surface area contributed by atoms with Crippen LogP contribution in [0.2, 0.25) is 5.15 Å². The Kier molecular flexibility index (Phi) is 4.51. The SMILES string of the molecule is CCOc1ccc2cc(C3CC(c4ccc(C)cc4)=NN3)c(Cl)nc2c1. The van der Waals surface area contributed by atoms with Crippen LogP contribution in [-0.4, -0.2) is 17.3 Å². The summed E-state index contributed by atoms with van der Waals surface area (Å²) in [5.41, 5.74) is 8.43. The lowest BCUT2D eigenvalue weighted by molar-refractivity contribution is 0.340. The summed E-state index contributed by atoms with van der Waals surface area (Å²) in [5, 5.41) is 6.06. The van der Waals surface area contributed by atoms with Crippen LogP contribution >= 0.6 is 11.6 Å². The van der Waals surface area contributed by atoms with Gasteiger partial charge in [0.1, 0.15) is 10.9 Å². The first-order valence-electron chi connectivity index (χ1n) is 8.76. The topological polar surface area (TPSA) is 46.5 Å². The zero-order valence-corrected chi connectivity index (χ0v) is 15.5. The summed E-state index contributed by atoms with van der Waals surface area (Å²) in [6.07, 6.45) is 0.785. The number of benzene rings is 2. The molecule has 1 aliphatic heterocycles. The van der Waals surface area contributed by atoms with E-state index in [0.29, 0.717) is 11.8 Å². The number of nitrogens with zero attached hydrogens (tertiary/aromatic N) is 2. The number of aromatic nitrogens is 1. The van der Waals surface area contributed by atoms with Crippen LogP contribution in [0.4, 0.5) is 0 Å². The lowest BCUT2D eigenvalue weighted by Crippen LogP contribution is -2.11. The molecule has 1 N–H and O–H groups in total. The van der Waals surface area contributed by atoms with Crippen LogP contribution in [0.15, 0.2) is 53.6 Å². The van der Waals surface area contributed by atoms with Crippen molar-refractivity contribution in [3.8, 4) is 5.75 Å². The van der Waals surface area contributed by atoms with Crippen molar-refractivity contribution in [3.05, 3.63) is 70.4 Å². The summed E-state index contributed by atoms with van der Waals surface area (Å²) in [6.45, 7) is 4.67. The molecule has 3 aromatic rings. The van der Waals surface area contributed by atoms with Gasteiger partial charge in [-0.15, -0.1) is 0 Å². The maximum absolute atomic E-state index is 6.48. The van der Waals surface area contributed by atoms with Crippen molar-refractivity contribution in [2.45, 2.75) is 26.3 Å². The van der Waals surface area contributed by atoms with Gasteiger partial charge in [0, 0.05) is 23.4 Å². The van der Waals surface area contributed by atoms with Crippen molar-refractivity contribution in [1.29, 1.82) is 0 Å². The number of hydrazone groups is 1. The third-order valence-electron chi connectivity index (χ3n) is 4.59. The van der Waals surface area contributed by atoms with E-state index in [4.69, 9.17) is 16.3 Å². The molecule has 0 fully saturated rings. The summed E-state index contributed by atoms with van der Waals surface area (Å²) in [6, 6.07) is 16.4. The highest BCUT2D eigenvalue weighted by Crippen LogP contribution is 2.32. The Morgan fingerprint density at radius 3 is 2.73 bits per heavy atom. The normalized spacial score (nSPS) is 16.4. The molecule has 0 aliphatic carbocycles. The van der Waals surface area contributed by atoms with Crippen LogP contribution < -0.4 is 10.2 Å². The van der Waals surface area contributed by atoms with Crippen LogP contribution in [0.25, 0.3) is 10.9 Å². The summed E-state index contributed by atoms with van der Waals surface area (Å²) in [4.78, 5) is 4.57. The molecule has 4 rings (SSSR count). The lowest BCUT2D eigenvalue weighted by atomic mass is 9.98. The van der Waals surface area contributed by atoms with Gasteiger partial charge >= 0.3 is 0 Å². The maximum Gasteiger partial charge on any atom is 0.135 e. The van der Waals surface area contributed by atoms with Gasteiger partial charge in [-0.3, -0.25) is 0 Å². The second-order valence-electron chi connectivity index (χ2n) is 6.47. The Hall–Kier alpha value is -2.59. The van der Waals surface area contributed by atoms with Crippen molar-refractivity contribution < 1.29 is 4.74 Å². The third-order valence-corrected chi connectivity index (χ3v) is 4.90. The zero-order chi connectivity index (χ0) is 18.1. The number of halogens is 1. The van der Waals surface area contributed by atoms with Gasteiger partial charge < -0.3 is 10.2 Å². The highest BCUT2D eigenvalue weighted by molar-refractivity contribution is 6.30. The van der Waals surface area contributed by atoms with Gasteiger partial charge in [0.25, 0.3) is 0 Å². The average molecular weight is 366 g/mol. The predicted octanol–water partition coefficient (Wildman–Crippen LogP) is 5.03. The van der Waals surface area contributed by atoms with Gasteiger partial charge in [0.15, 0.2) is 0 Å².